The zero-order chi connectivity index (χ0) is 11.1. The molecular formula is C12H17NOS. The van der Waals surface area contributed by atoms with Crippen LogP contribution < -0.4 is 5.32 Å². The number of terminal acetylenes is 1. The largest absolute Gasteiger partial charge is 0.464 e. The monoisotopic (exact) mass is 223 g/mol. The van der Waals surface area contributed by atoms with Crippen LogP contribution in [0.4, 0.5) is 0 Å². The number of furan rings is 1. The highest BCUT2D eigenvalue weighted by Gasteiger charge is 2.03. The number of rotatable bonds is 6. The van der Waals surface area contributed by atoms with Crippen molar-refractivity contribution in [3.8, 4) is 12.3 Å². The third-order valence-electron chi connectivity index (χ3n) is 2.05. The zero-order valence-corrected chi connectivity index (χ0v) is 10.1. The molecule has 1 aromatic heterocycles. The van der Waals surface area contributed by atoms with Crippen molar-refractivity contribution in [2.24, 2.45) is 0 Å². The lowest BCUT2D eigenvalue weighted by atomic mass is 10.2. The molecule has 82 valence electrons. The Morgan fingerprint density at radius 2 is 2.27 bits per heavy atom. The highest BCUT2D eigenvalue weighted by atomic mass is 32.2. The van der Waals surface area contributed by atoms with Gasteiger partial charge < -0.3 is 9.73 Å². The van der Waals surface area contributed by atoms with E-state index in [2.05, 4.69) is 24.4 Å². The average molecular weight is 223 g/mol. The molecule has 0 aliphatic rings. The molecular weight excluding hydrogens is 206 g/mol. The van der Waals surface area contributed by atoms with Crippen molar-refractivity contribution in [2.75, 3.05) is 6.26 Å². The second-order valence-electron chi connectivity index (χ2n) is 3.49. The van der Waals surface area contributed by atoms with Crippen LogP contribution in [0.1, 0.15) is 24.9 Å². The third kappa shape index (κ3) is 4.46. The van der Waals surface area contributed by atoms with E-state index in [4.69, 9.17) is 10.8 Å². The number of nitrogens with one attached hydrogen (secondary N) is 1. The Morgan fingerprint density at radius 1 is 1.53 bits per heavy atom. The molecule has 2 nitrogen and oxygen atoms in total. The van der Waals surface area contributed by atoms with E-state index >= 15 is 0 Å². The summed E-state index contributed by atoms with van der Waals surface area (Å²) in [6, 6.07) is 4.38. The van der Waals surface area contributed by atoms with Crippen molar-refractivity contribution in [1.82, 2.24) is 5.32 Å². The van der Waals surface area contributed by atoms with Crippen LogP contribution >= 0.6 is 11.8 Å². The lowest BCUT2D eigenvalue weighted by Gasteiger charge is -2.08. The minimum atomic E-state index is 0.337. The Balaban J connectivity index is 2.34. The Bertz CT molecular complexity index is 327. The van der Waals surface area contributed by atoms with Gasteiger partial charge in [0.1, 0.15) is 11.5 Å². The van der Waals surface area contributed by atoms with E-state index in [9.17, 15) is 0 Å². The summed E-state index contributed by atoms with van der Waals surface area (Å²) in [5, 5.41) is 3.31. The number of hydrogen-bond donors (Lipinski definition) is 1. The SMILES string of the molecule is C#CCC(C)NCc1ccc(CSC)o1. The Morgan fingerprint density at radius 3 is 2.93 bits per heavy atom. The van der Waals surface area contributed by atoms with Crippen molar-refractivity contribution in [3.05, 3.63) is 23.7 Å². The van der Waals surface area contributed by atoms with Crippen molar-refractivity contribution in [2.45, 2.75) is 31.7 Å². The van der Waals surface area contributed by atoms with Gasteiger partial charge in [0.25, 0.3) is 0 Å². The summed E-state index contributed by atoms with van der Waals surface area (Å²) in [7, 11) is 0. The molecule has 1 heterocycles. The molecule has 1 atom stereocenters. The molecule has 0 bridgehead atoms. The topological polar surface area (TPSA) is 25.2 Å². The maximum atomic E-state index is 5.62. The first-order valence-corrected chi connectivity index (χ1v) is 6.39. The number of thioether (sulfide) groups is 1. The minimum Gasteiger partial charge on any atom is -0.464 e. The van der Waals surface area contributed by atoms with Crippen LogP contribution in [0.2, 0.25) is 0 Å². The molecule has 0 amide bonds. The van der Waals surface area contributed by atoms with Gasteiger partial charge in [0, 0.05) is 12.5 Å². The van der Waals surface area contributed by atoms with Crippen LogP contribution in [0.15, 0.2) is 16.5 Å². The molecule has 1 rings (SSSR count). The highest BCUT2D eigenvalue weighted by Crippen LogP contribution is 2.13. The molecule has 0 spiro atoms. The summed E-state index contributed by atoms with van der Waals surface area (Å²) in [4.78, 5) is 0. The summed E-state index contributed by atoms with van der Waals surface area (Å²) in [5.74, 6) is 5.57. The quantitative estimate of drug-likeness (QED) is 0.751. The maximum absolute atomic E-state index is 5.62. The van der Waals surface area contributed by atoms with Crippen LogP contribution in [0.5, 0.6) is 0 Å². The predicted octanol–water partition coefficient (Wildman–Crippen LogP) is 2.64. The summed E-state index contributed by atoms with van der Waals surface area (Å²) in [6.07, 6.45) is 8.04. The Labute approximate surface area is 95.8 Å². The molecule has 3 heteroatoms. The summed E-state index contributed by atoms with van der Waals surface area (Å²) in [6.45, 7) is 2.82. The summed E-state index contributed by atoms with van der Waals surface area (Å²) in [5.41, 5.74) is 0. The molecule has 0 saturated heterocycles. The van der Waals surface area contributed by atoms with E-state index in [1.807, 2.05) is 12.1 Å². The van der Waals surface area contributed by atoms with Gasteiger partial charge in [0.2, 0.25) is 0 Å². The molecule has 0 aliphatic carbocycles. The molecule has 0 aromatic carbocycles. The first kappa shape index (κ1) is 12.2. The standard InChI is InChI=1S/C12H17NOS/c1-4-5-10(2)13-8-11-6-7-12(14-11)9-15-3/h1,6-7,10,13H,5,8-9H2,2-3H3. The molecule has 0 fully saturated rings. The third-order valence-corrected chi connectivity index (χ3v) is 2.63. The van der Waals surface area contributed by atoms with Crippen LogP contribution in [0, 0.1) is 12.3 Å². The fourth-order valence-corrected chi connectivity index (χ4v) is 1.70. The van der Waals surface area contributed by atoms with Crippen LogP contribution in [0.25, 0.3) is 0 Å². The number of hydrogen-bond acceptors (Lipinski definition) is 3. The smallest absolute Gasteiger partial charge is 0.118 e. The van der Waals surface area contributed by atoms with E-state index in [1.165, 1.54) is 0 Å². The van der Waals surface area contributed by atoms with E-state index in [1.54, 1.807) is 11.8 Å². The van der Waals surface area contributed by atoms with Gasteiger partial charge in [-0.2, -0.15) is 11.8 Å². The van der Waals surface area contributed by atoms with E-state index in [0.717, 1.165) is 30.2 Å². The molecule has 0 aliphatic heterocycles. The average Bonchev–Trinajstić information content (AvgIpc) is 2.64. The van der Waals surface area contributed by atoms with Crippen molar-refractivity contribution in [1.29, 1.82) is 0 Å². The fourth-order valence-electron chi connectivity index (χ4n) is 1.26. The van der Waals surface area contributed by atoms with Crippen LogP contribution in [0.3, 0.4) is 0 Å². The molecule has 1 aromatic rings. The highest BCUT2D eigenvalue weighted by molar-refractivity contribution is 7.97. The van der Waals surface area contributed by atoms with Crippen LogP contribution in [-0.4, -0.2) is 12.3 Å². The lowest BCUT2D eigenvalue weighted by Crippen LogP contribution is -2.24. The van der Waals surface area contributed by atoms with Gasteiger partial charge in [-0.15, -0.1) is 12.3 Å². The molecule has 0 saturated carbocycles. The minimum absolute atomic E-state index is 0.337. The first-order valence-electron chi connectivity index (χ1n) is 4.99. The van der Waals surface area contributed by atoms with Crippen molar-refractivity contribution in [3.63, 3.8) is 0 Å². The van der Waals surface area contributed by atoms with Gasteiger partial charge in [-0.1, -0.05) is 0 Å². The van der Waals surface area contributed by atoms with Gasteiger partial charge in [0.05, 0.1) is 12.3 Å². The van der Waals surface area contributed by atoms with Gasteiger partial charge in [0.15, 0.2) is 0 Å². The Hall–Kier alpha value is -0.850. The fraction of sp³-hybridized carbons (Fsp3) is 0.500. The molecule has 15 heavy (non-hydrogen) atoms. The van der Waals surface area contributed by atoms with E-state index < -0.39 is 0 Å². The van der Waals surface area contributed by atoms with E-state index in [-0.39, 0.29) is 0 Å². The van der Waals surface area contributed by atoms with Crippen LogP contribution in [-0.2, 0) is 12.3 Å². The van der Waals surface area contributed by atoms with Gasteiger partial charge >= 0.3 is 0 Å². The predicted molar refractivity (Wildman–Crippen MR) is 65.7 cm³/mol. The Kier molecular flexibility index (Phi) is 5.38. The van der Waals surface area contributed by atoms with E-state index in [0.29, 0.717) is 6.04 Å². The van der Waals surface area contributed by atoms with Gasteiger partial charge in [-0.3, -0.25) is 0 Å². The normalized spacial score (nSPS) is 12.3. The second kappa shape index (κ2) is 6.60. The van der Waals surface area contributed by atoms with Gasteiger partial charge in [-0.05, 0) is 25.3 Å². The molecule has 1 N–H and O–H groups in total. The second-order valence-corrected chi connectivity index (χ2v) is 4.36. The molecule has 0 radical (unpaired) electrons. The van der Waals surface area contributed by atoms with Crippen molar-refractivity contribution >= 4 is 11.8 Å². The maximum Gasteiger partial charge on any atom is 0.118 e. The lowest BCUT2D eigenvalue weighted by molar-refractivity contribution is 0.440. The van der Waals surface area contributed by atoms with Gasteiger partial charge in [-0.25, -0.2) is 0 Å². The van der Waals surface area contributed by atoms with Crippen molar-refractivity contribution < 1.29 is 4.42 Å². The zero-order valence-electron chi connectivity index (χ0n) is 9.25. The first-order chi connectivity index (χ1) is 7.26. The summed E-state index contributed by atoms with van der Waals surface area (Å²) >= 11 is 1.76. The summed E-state index contributed by atoms with van der Waals surface area (Å²) < 4.78 is 5.62. The molecule has 1 unspecified atom stereocenters.